The number of halogens is 2. The Bertz CT molecular complexity index is 666. The van der Waals surface area contributed by atoms with Crippen LogP contribution in [0.25, 0.3) is 0 Å². The van der Waals surface area contributed by atoms with E-state index in [1.54, 1.807) is 0 Å². The van der Waals surface area contributed by atoms with E-state index < -0.39 is 31.6 Å². The fourth-order valence-electron chi connectivity index (χ4n) is 1.86. The van der Waals surface area contributed by atoms with Crippen molar-refractivity contribution in [3.63, 3.8) is 0 Å². The lowest BCUT2D eigenvalue weighted by Gasteiger charge is -2.19. The molecule has 10 heteroatoms. The van der Waals surface area contributed by atoms with Gasteiger partial charge in [0.15, 0.2) is 0 Å². The van der Waals surface area contributed by atoms with E-state index in [-0.39, 0.29) is 22.0 Å². The van der Waals surface area contributed by atoms with E-state index in [4.69, 9.17) is 11.6 Å². The van der Waals surface area contributed by atoms with Crippen molar-refractivity contribution in [2.45, 2.75) is 31.2 Å². The lowest BCUT2D eigenvalue weighted by molar-refractivity contribution is -0.385. The van der Waals surface area contributed by atoms with Crippen molar-refractivity contribution >= 4 is 43.2 Å². The average Bonchev–Trinajstić information content (AvgIpc) is 2.39. The first-order valence-electron chi connectivity index (χ1n) is 6.35. The van der Waals surface area contributed by atoms with Gasteiger partial charge >= 0.3 is 0 Å². The number of sulfonamides is 1. The summed E-state index contributed by atoms with van der Waals surface area (Å²) < 4.78 is 27.2. The molecule has 0 saturated heterocycles. The van der Waals surface area contributed by atoms with Gasteiger partial charge in [-0.2, -0.15) is 0 Å². The minimum Gasteiger partial charge on any atom is -0.395 e. The fourth-order valence-corrected chi connectivity index (χ4v) is 4.21. The molecule has 0 amide bonds. The third kappa shape index (κ3) is 4.88. The minimum absolute atomic E-state index is 0.105. The molecule has 1 atom stereocenters. The fraction of sp³-hybridized carbons (Fsp3) is 0.500. The third-order valence-electron chi connectivity index (χ3n) is 2.78. The Hall–Kier alpha value is -0.740. The smallest absolute Gasteiger partial charge is 0.272 e. The second-order valence-electron chi connectivity index (χ2n) is 5.13. The molecule has 124 valence electrons. The van der Waals surface area contributed by atoms with Crippen LogP contribution in [0.4, 0.5) is 5.69 Å². The van der Waals surface area contributed by atoms with Crippen LogP contribution in [0.2, 0.25) is 5.02 Å². The molecule has 1 rings (SSSR count). The molecule has 7 nitrogen and oxygen atoms in total. The Morgan fingerprint density at radius 1 is 1.45 bits per heavy atom. The number of hydrogen-bond acceptors (Lipinski definition) is 5. The van der Waals surface area contributed by atoms with Crippen molar-refractivity contribution in [2.24, 2.45) is 5.92 Å². The Morgan fingerprint density at radius 2 is 2.05 bits per heavy atom. The molecule has 0 radical (unpaired) electrons. The number of non-ortho nitro benzene ring substituents is 1. The average molecular weight is 416 g/mol. The molecule has 0 fully saturated rings. The highest BCUT2D eigenvalue weighted by atomic mass is 79.9. The topological polar surface area (TPSA) is 110 Å². The summed E-state index contributed by atoms with van der Waals surface area (Å²) in [7, 11) is -4.10. The van der Waals surface area contributed by atoms with Gasteiger partial charge < -0.3 is 5.11 Å². The van der Waals surface area contributed by atoms with Crippen LogP contribution in [0.3, 0.4) is 0 Å². The molecular weight excluding hydrogens is 400 g/mol. The van der Waals surface area contributed by atoms with E-state index in [9.17, 15) is 23.6 Å². The zero-order valence-electron chi connectivity index (χ0n) is 11.9. The number of aliphatic hydroxyl groups excluding tert-OH is 1. The maximum atomic E-state index is 12.4. The number of nitrogens with one attached hydrogen (secondary N) is 1. The lowest BCUT2D eigenvalue weighted by Crippen LogP contribution is -2.38. The van der Waals surface area contributed by atoms with Gasteiger partial charge in [-0.1, -0.05) is 25.4 Å². The predicted molar refractivity (Wildman–Crippen MR) is 86.5 cm³/mol. The summed E-state index contributed by atoms with van der Waals surface area (Å²) in [5.74, 6) is 0.159. The van der Waals surface area contributed by atoms with Gasteiger partial charge in [0.2, 0.25) is 10.0 Å². The van der Waals surface area contributed by atoms with Gasteiger partial charge in [-0.3, -0.25) is 10.1 Å². The molecule has 0 aliphatic carbocycles. The van der Waals surface area contributed by atoms with E-state index >= 15 is 0 Å². The molecule has 0 heterocycles. The van der Waals surface area contributed by atoms with Crippen molar-refractivity contribution in [1.29, 1.82) is 0 Å². The number of benzene rings is 1. The number of nitrogens with zero attached hydrogens (tertiary/aromatic N) is 1. The molecule has 22 heavy (non-hydrogen) atoms. The van der Waals surface area contributed by atoms with E-state index in [1.807, 2.05) is 13.8 Å². The van der Waals surface area contributed by atoms with Gasteiger partial charge in [-0.05, 0) is 28.3 Å². The summed E-state index contributed by atoms with van der Waals surface area (Å²) in [5.41, 5.74) is -0.402. The van der Waals surface area contributed by atoms with Crippen LogP contribution in [-0.2, 0) is 10.0 Å². The van der Waals surface area contributed by atoms with Gasteiger partial charge in [-0.15, -0.1) is 0 Å². The lowest BCUT2D eigenvalue weighted by atomic mass is 10.1. The Morgan fingerprint density at radius 3 is 2.50 bits per heavy atom. The second-order valence-corrected chi connectivity index (χ2v) is 8.04. The quantitative estimate of drug-likeness (QED) is 0.525. The summed E-state index contributed by atoms with van der Waals surface area (Å²) in [6, 6.07) is 1.32. The summed E-state index contributed by atoms with van der Waals surface area (Å²) >= 11 is 8.94. The Kier molecular flexibility index (Phi) is 6.75. The minimum atomic E-state index is -4.10. The van der Waals surface area contributed by atoms with Gasteiger partial charge in [0.25, 0.3) is 5.69 Å². The van der Waals surface area contributed by atoms with Crippen LogP contribution in [-0.4, -0.2) is 31.1 Å². The third-order valence-corrected chi connectivity index (χ3v) is 5.70. The van der Waals surface area contributed by atoms with E-state index in [0.29, 0.717) is 6.42 Å². The molecule has 0 bridgehead atoms. The van der Waals surface area contributed by atoms with E-state index in [1.165, 1.54) is 0 Å². The SMILES string of the molecule is CC(C)CC(CO)NS(=O)(=O)c1cc([N+](=O)[O-])cc(Br)c1Cl. The normalized spacial score (nSPS) is 13.4. The molecule has 0 saturated carbocycles. The second kappa shape index (κ2) is 7.69. The first-order chi connectivity index (χ1) is 10.1. The number of hydrogen-bond donors (Lipinski definition) is 2. The Labute approximate surface area is 142 Å². The van der Waals surface area contributed by atoms with Gasteiger partial charge in [0.1, 0.15) is 4.90 Å². The molecule has 1 aromatic rings. The molecule has 0 aliphatic rings. The highest BCUT2D eigenvalue weighted by Crippen LogP contribution is 2.34. The first kappa shape index (κ1) is 19.3. The maximum Gasteiger partial charge on any atom is 0.272 e. The van der Waals surface area contributed by atoms with Gasteiger partial charge in [-0.25, -0.2) is 13.1 Å². The summed E-state index contributed by atoms with van der Waals surface area (Å²) in [6.45, 7) is 3.38. The summed E-state index contributed by atoms with van der Waals surface area (Å²) in [6.07, 6.45) is 0.420. The van der Waals surface area contributed by atoms with Crippen LogP contribution in [0, 0.1) is 16.0 Å². The maximum absolute atomic E-state index is 12.4. The highest BCUT2D eigenvalue weighted by Gasteiger charge is 2.26. The van der Waals surface area contributed by atoms with Crippen LogP contribution in [0.15, 0.2) is 21.5 Å². The molecule has 0 spiro atoms. The van der Waals surface area contributed by atoms with Crippen LogP contribution in [0.5, 0.6) is 0 Å². The number of nitro benzene ring substituents is 1. The zero-order valence-corrected chi connectivity index (χ0v) is 15.1. The van der Waals surface area contributed by atoms with Crippen molar-refractivity contribution in [2.75, 3.05) is 6.61 Å². The molecule has 0 aliphatic heterocycles. The van der Waals surface area contributed by atoms with Gasteiger partial charge in [0, 0.05) is 22.6 Å². The standard InChI is InChI=1S/C12H16BrClN2O5S/c1-7(2)3-8(6-17)15-22(20,21)11-5-9(16(18)19)4-10(13)12(11)14/h4-5,7-8,15,17H,3,6H2,1-2H3. The van der Waals surface area contributed by atoms with Crippen molar-refractivity contribution in [3.05, 3.63) is 31.7 Å². The van der Waals surface area contributed by atoms with E-state index in [2.05, 4.69) is 20.7 Å². The molecular formula is C12H16BrClN2O5S. The number of rotatable bonds is 7. The summed E-state index contributed by atoms with van der Waals surface area (Å²) in [5, 5.41) is 20.0. The zero-order chi connectivity index (χ0) is 17.1. The largest absolute Gasteiger partial charge is 0.395 e. The van der Waals surface area contributed by atoms with Crippen molar-refractivity contribution in [1.82, 2.24) is 4.72 Å². The molecule has 1 aromatic carbocycles. The molecule has 1 unspecified atom stereocenters. The highest BCUT2D eigenvalue weighted by molar-refractivity contribution is 9.10. The van der Waals surface area contributed by atoms with Crippen molar-refractivity contribution in [3.8, 4) is 0 Å². The Balaban J connectivity index is 3.24. The molecule has 0 aromatic heterocycles. The van der Waals surface area contributed by atoms with Gasteiger partial charge in [0.05, 0.1) is 16.6 Å². The number of nitro groups is 1. The van der Waals surface area contributed by atoms with Crippen LogP contribution < -0.4 is 4.72 Å². The van der Waals surface area contributed by atoms with Crippen LogP contribution in [0.1, 0.15) is 20.3 Å². The van der Waals surface area contributed by atoms with Crippen molar-refractivity contribution < 1.29 is 18.4 Å². The predicted octanol–water partition coefficient (Wildman–Crippen LogP) is 2.70. The monoisotopic (exact) mass is 414 g/mol. The van der Waals surface area contributed by atoms with Crippen LogP contribution >= 0.6 is 27.5 Å². The summed E-state index contributed by atoms with van der Waals surface area (Å²) in [4.78, 5) is 9.74. The number of aliphatic hydroxyl groups is 1. The first-order valence-corrected chi connectivity index (χ1v) is 9.00. The molecule has 2 N–H and O–H groups in total. The van der Waals surface area contributed by atoms with E-state index in [0.717, 1.165) is 12.1 Å².